The summed E-state index contributed by atoms with van der Waals surface area (Å²) < 4.78 is 5.10. The number of carbonyl (C=O) groups is 1. The van der Waals surface area contributed by atoms with Crippen molar-refractivity contribution < 1.29 is 9.53 Å². The number of benzene rings is 1. The van der Waals surface area contributed by atoms with Crippen molar-refractivity contribution in [3.8, 4) is 5.75 Å². The second-order valence-corrected chi connectivity index (χ2v) is 5.63. The molecule has 0 aromatic heterocycles. The lowest BCUT2D eigenvalue weighted by Crippen LogP contribution is -2.33. The van der Waals surface area contributed by atoms with Gasteiger partial charge in [0, 0.05) is 18.2 Å². The first-order chi connectivity index (χ1) is 8.79. The van der Waals surface area contributed by atoms with Gasteiger partial charge in [-0.3, -0.25) is 4.79 Å². The Morgan fingerprint density at radius 3 is 2.83 bits per heavy atom. The van der Waals surface area contributed by atoms with Gasteiger partial charge in [-0.1, -0.05) is 12.1 Å². The average Bonchev–Trinajstić information content (AvgIpc) is 2.46. The fraction of sp³-hybridized carbons (Fsp3) is 0.500. The molecule has 1 aromatic carbocycles. The second kappa shape index (κ2) is 6.69. The summed E-state index contributed by atoms with van der Waals surface area (Å²) in [4.78, 5) is 11.9. The fourth-order valence-corrected chi connectivity index (χ4v) is 3.16. The molecule has 1 saturated heterocycles. The van der Waals surface area contributed by atoms with Crippen molar-refractivity contribution in [3.05, 3.63) is 29.8 Å². The predicted octanol–water partition coefficient (Wildman–Crippen LogP) is 2.45. The van der Waals surface area contributed by atoms with Crippen LogP contribution in [0.5, 0.6) is 5.75 Å². The summed E-state index contributed by atoms with van der Waals surface area (Å²) in [6, 6.07) is 7.79. The molecule has 4 heteroatoms. The molecule has 1 N–H and O–H groups in total. The van der Waals surface area contributed by atoms with Gasteiger partial charge in [0.25, 0.3) is 0 Å². The number of carbonyl (C=O) groups excluding carboxylic acids is 1. The Morgan fingerprint density at radius 1 is 1.44 bits per heavy atom. The van der Waals surface area contributed by atoms with Gasteiger partial charge >= 0.3 is 0 Å². The molecule has 18 heavy (non-hydrogen) atoms. The Labute approximate surface area is 112 Å². The van der Waals surface area contributed by atoms with Crippen LogP contribution in [0, 0.1) is 5.92 Å². The minimum absolute atomic E-state index is 0.193. The summed E-state index contributed by atoms with van der Waals surface area (Å²) in [5.41, 5.74) is 1.10. The molecule has 3 nitrogen and oxygen atoms in total. The third-order valence-electron chi connectivity index (χ3n) is 3.16. The molecule has 0 aliphatic carbocycles. The van der Waals surface area contributed by atoms with Crippen molar-refractivity contribution in [3.63, 3.8) is 0 Å². The Hall–Kier alpha value is -1.16. The Kier molecular flexibility index (Phi) is 4.93. The lowest BCUT2D eigenvalue weighted by molar-refractivity contribution is -0.124. The third kappa shape index (κ3) is 3.67. The van der Waals surface area contributed by atoms with E-state index in [1.165, 1.54) is 5.75 Å². The molecular formula is C14H19NO2S. The molecule has 1 fully saturated rings. The third-order valence-corrected chi connectivity index (χ3v) is 4.37. The standard InChI is InChI=1S/C14H19NO2S/c1-17-13-6-4-11(5-7-13)9-15-14(16)12-3-2-8-18-10-12/h4-7,12H,2-3,8-10H2,1H3,(H,15,16). The zero-order valence-electron chi connectivity index (χ0n) is 10.6. The molecule has 1 aliphatic heterocycles. The fourth-order valence-electron chi connectivity index (χ4n) is 2.02. The van der Waals surface area contributed by atoms with Crippen LogP contribution in [0.2, 0.25) is 0 Å². The van der Waals surface area contributed by atoms with E-state index in [0.29, 0.717) is 6.54 Å². The maximum atomic E-state index is 11.9. The van der Waals surface area contributed by atoms with E-state index < -0.39 is 0 Å². The highest BCUT2D eigenvalue weighted by atomic mass is 32.2. The molecule has 1 aromatic rings. The highest BCUT2D eigenvalue weighted by Crippen LogP contribution is 2.22. The molecule has 1 unspecified atom stereocenters. The summed E-state index contributed by atoms with van der Waals surface area (Å²) in [6.45, 7) is 0.601. The first kappa shape index (κ1) is 13.3. The van der Waals surface area contributed by atoms with Gasteiger partial charge in [-0.05, 0) is 36.3 Å². The quantitative estimate of drug-likeness (QED) is 0.909. The van der Waals surface area contributed by atoms with Gasteiger partial charge in [-0.15, -0.1) is 0 Å². The van der Waals surface area contributed by atoms with E-state index in [0.717, 1.165) is 29.9 Å². The molecule has 0 radical (unpaired) electrons. The average molecular weight is 265 g/mol. The second-order valence-electron chi connectivity index (χ2n) is 4.48. The maximum Gasteiger partial charge on any atom is 0.224 e. The number of hydrogen-bond donors (Lipinski definition) is 1. The van der Waals surface area contributed by atoms with Gasteiger partial charge in [0.2, 0.25) is 5.91 Å². The number of nitrogens with one attached hydrogen (secondary N) is 1. The van der Waals surface area contributed by atoms with Gasteiger partial charge in [-0.25, -0.2) is 0 Å². The highest BCUT2D eigenvalue weighted by molar-refractivity contribution is 7.99. The maximum absolute atomic E-state index is 11.9. The number of methoxy groups -OCH3 is 1. The SMILES string of the molecule is COc1ccc(CNC(=O)C2CCCSC2)cc1. The number of ether oxygens (including phenoxy) is 1. The molecule has 1 aliphatic rings. The van der Waals surface area contributed by atoms with Gasteiger partial charge in [0.1, 0.15) is 5.75 Å². The van der Waals surface area contributed by atoms with Crippen LogP contribution in [0.25, 0.3) is 0 Å². The molecule has 98 valence electrons. The largest absolute Gasteiger partial charge is 0.497 e. The summed E-state index contributed by atoms with van der Waals surface area (Å²) in [5, 5.41) is 3.01. The van der Waals surface area contributed by atoms with Gasteiger partial charge in [-0.2, -0.15) is 11.8 Å². The van der Waals surface area contributed by atoms with Crippen LogP contribution < -0.4 is 10.1 Å². The van der Waals surface area contributed by atoms with Crippen LogP contribution >= 0.6 is 11.8 Å². The van der Waals surface area contributed by atoms with Crippen molar-refractivity contribution >= 4 is 17.7 Å². The minimum Gasteiger partial charge on any atom is -0.497 e. The van der Waals surface area contributed by atoms with Crippen LogP contribution in [0.4, 0.5) is 0 Å². The molecule has 2 rings (SSSR count). The molecule has 1 heterocycles. The predicted molar refractivity (Wildman–Crippen MR) is 74.9 cm³/mol. The summed E-state index contributed by atoms with van der Waals surface area (Å²) >= 11 is 1.88. The monoisotopic (exact) mass is 265 g/mol. The molecule has 1 amide bonds. The minimum atomic E-state index is 0.193. The normalized spacial score (nSPS) is 19.3. The van der Waals surface area contributed by atoms with E-state index in [2.05, 4.69) is 5.32 Å². The van der Waals surface area contributed by atoms with Gasteiger partial charge in [0.05, 0.1) is 7.11 Å². The van der Waals surface area contributed by atoms with Crippen molar-refractivity contribution in [1.29, 1.82) is 0 Å². The van der Waals surface area contributed by atoms with Crippen LogP contribution in [0.15, 0.2) is 24.3 Å². The van der Waals surface area contributed by atoms with E-state index in [1.807, 2.05) is 36.0 Å². The lowest BCUT2D eigenvalue weighted by Gasteiger charge is -2.20. The van der Waals surface area contributed by atoms with Crippen molar-refractivity contribution in [1.82, 2.24) is 5.32 Å². The first-order valence-electron chi connectivity index (χ1n) is 6.28. The highest BCUT2D eigenvalue weighted by Gasteiger charge is 2.20. The molecular weight excluding hydrogens is 246 g/mol. The molecule has 1 atom stereocenters. The van der Waals surface area contributed by atoms with Gasteiger partial charge in [0.15, 0.2) is 0 Å². The van der Waals surface area contributed by atoms with Crippen LogP contribution in [0.3, 0.4) is 0 Å². The number of amides is 1. The summed E-state index contributed by atoms with van der Waals surface area (Å²) in [7, 11) is 1.65. The molecule has 0 bridgehead atoms. The smallest absolute Gasteiger partial charge is 0.224 e. The summed E-state index contributed by atoms with van der Waals surface area (Å²) in [6.07, 6.45) is 2.19. The van der Waals surface area contributed by atoms with Crippen LogP contribution in [-0.2, 0) is 11.3 Å². The Bertz CT molecular complexity index is 385. The summed E-state index contributed by atoms with van der Waals surface area (Å²) in [5.74, 6) is 3.39. The van der Waals surface area contributed by atoms with Crippen molar-refractivity contribution in [2.75, 3.05) is 18.6 Å². The molecule has 0 saturated carbocycles. The van der Waals surface area contributed by atoms with E-state index in [4.69, 9.17) is 4.74 Å². The number of rotatable bonds is 4. The first-order valence-corrected chi connectivity index (χ1v) is 7.43. The van der Waals surface area contributed by atoms with Crippen LogP contribution in [-0.4, -0.2) is 24.5 Å². The Balaban J connectivity index is 1.80. The lowest BCUT2D eigenvalue weighted by atomic mass is 10.0. The van der Waals surface area contributed by atoms with E-state index in [1.54, 1.807) is 7.11 Å². The van der Waals surface area contributed by atoms with Crippen LogP contribution in [0.1, 0.15) is 18.4 Å². The number of hydrogen-bond acceptors (Lipinski definition) is 3. The van der Waals surface area contributed by atoms with E-state index in [-0.39, 0.29) is 11.8 Å². The van der Waals surface area contributed by atoms with E-state index >= 15 is 0 Å². The van der Waals surface area contributed by atoms with Gasteiger partial charge < -0.3 is 10.1 Å². The van der Waals surface area contributed by atoms with Crippen molar-refractivity contribution in [2.45, 2.75) is 19.4 Å². The number of thioether (sulfide) groups is 1. The molecule has 0 spiro atoms. The Morgan fingerprint density at radius 2 is 2.22 bits per heavy atom. The zero-order chi connectivity index (χ0) is 12.8. The van der Waals surface area contributed by atoms with E-state index in [9.17, 15) is 4.79 Å². The zero-order valence-corrected chi connectivity index (χ0v) is 11.5. The topological polar surface area (TPSA) is 38.3 Å². The van der Waals surface area contributed by atoms with Crippen molar-refractivity contribution in [2.24, 2.45) is 5.92 Å².